The van der Waals surface area contributed by atoms with Crippen molar-refractivity contribution in [3.05, 3.63) is 24.3 Å². The minimum atomic E-state index is -0.405. The van der Waals surface area contributed by atoms with Gasteiger partial charge in [0, 0.05) is 6.61 Å². The second-order valence-electron chi connectivity index (χ2n) is 2.31. The maximum Gasteiger partial charge on any atom is 0.0755 e. The quantitative estimate of drug-likeness (QED) is 0.588. The fraction of sp³-hybridized carbons (Fsp3) is 0.556. The molecule has 0 aromatic rings. The topological polar surface area (TPSA) is 40.5 Å². The molecule has 2 N–H and O–H groups in total. The van der Waals surface area contributed by atoms with Crippen molar-refractivity contribution in [3.8, 4) is 0 Å². The minimum Gasteiger partial charge on any atom is -0.396 e. The highest BCUT2D eigenvalue weighted by atomic mass is 16.3. The van der Waals surface area contributed by atoms with Gasteiger partial charge in [0.15, 0.2) is 0 Å². The van der Waals surface area contributed by atoms with Gasteiger partial charge >= 0.3 is 0 Å². The van der Waals surface area contributed by atoms with Gasteiger partial charge in [0.25, 0.3) is 0 Å². The third kappa shape index (κ3) is 7.30. The van der Waals surface area contributed by atoms with Gasteiger partial charge in [-0.05, 0) is 19.8 Å². The average Bonchev–Trinajstić information content (AvgIpc) is 2.01. The van der Waals surface area contributed by atoms with Crippen molar-refractivity contribution < 1.29 is 10.2 Å². The van der Waals surface area contributed by atoms with Gasteiger partial charge in [-0.15, -0.1) is 0 Å². The first kappa shape index (κ1) is 10.4. The van der Waals surface area contributed by atoms with Gasteiger partial charge < -0.3 is 10.2 Å². The summed E-state index contributed by atoms with van der Waals surface area (Å²) >= 11 is 0. The zero-order valence-electron chi connectivity index (χ0n) is 6.90. The van der Waals surface area contributed by atoms with Crippen LogP contribution in [0.2, 0.25) is 0 Å². The van der Waals surface area contributed by atoms with Crippen LogP contribution in [0.1, 0.15) is 19.8 Å². The molecule has 2 nitrogen and oxygen atoms in total. The molecule has 11 heavy (non-hydrogen) atoms. The van der Waals surface area contributed by atoms with E-state index in [1.807, 2.05) is 19.1 Å². The first-order chi connectivity index (χ1) is 5.31. The summed E-state index contributed by atoms with van der Waals surface area (Å²) < 4.78 is 0. The molecule has 1 atom stereocenters. The molecule has 2 heteroatoms. The first-order valence-corrected chi connectivity index (χ1v) is 3.88. The van der Waals surface area contributed by atoms with Crippen molar-refractivity contribution in [2.45, 2.75) is 25.9 Å². The van der Waals surface area contributed by atoms with Crippen LogP contribution in [0.25, 0.3) is 0 Å². The third-order valence-corrected chi connectivity index (χ3v) is 1.27. The number of rotatable bonds is 5. The van der Waals surface area contributed by atoms with Gasteiger partial charge in [-0.2, -0.15) is 0 Å². The number of aliphatic hydroxyl groups is 2. The SMILES string of the molecule is CC=CCC(O)C=CCCO. The van der Waals surface area contributed by atoms with Crippen LogP contribution in [-0.4, -0.2) is 22.9 Å². The van der Waals surface area contributed by atoms with E-state index < -0.39 is 6.10 Å². The van der Waals surface area contributed by atoms with Crippen molar-refractivity contribution in [3.63, 3.8) is 0 Å². The molecule has 0 radical (unpaired) electrons. The summed E-state index contributed by atoms with van der Waals surface area (Å²) in [5.41, 5.74) is 0. The zero-order valence-corrected chi connectivity index (χ0v) is 6.90. The Hall–Kier alpha value is -0.600. The lowest BCUT2D eigenvalue weighted by Crippen LogP contribution is -1.99. The Labute approximate surface area is 67.9 Å². The minimum absolute atomic E-state index is 0.146. The second kappa shape index (κ2) is 7.51. The molecule has 0 saturated carbocycles. The highest BCUT2D eigenvalue weighted by Gasteiger charge is 1.92. The fourth-order valence-electron chi connectivity index (χ4n) is 0.682. The molecule has 64 valence electrons. The normalized spacial score (nSPS) is 14.8. The van der Waals surface area contributed by atoms with Crippen molar-refractivity contribution in [1.82, 2.24) is 0 Å². The summed E-state index contributed by atoms with van der Waals surface area (Å²) in [5, 5.41) is 17.6. The van der Waals surface area contributed by atoms with E-state index >= 15 is 0 Å². The van der Waals surface area contributed by atoms with Crippen molar-refractivity contribution in [1.29, 1.82) is 0 Å². The molecule has 0 aliphatic heterocycles. The van der Waals surface area contributed by atoms with Crippen LogP contribution in [0.3, 0.4) is 0 Å². The third-order valence-electron chi connectivity index (χ3n) is 1.27. The molecule has 0 heterocycles. The number of hydrogen-bond donors (Lipinski definition) is 2. The van der Waals surface area contributed by atoms with E-state index in [0.29, 0.717) is 12.8 Å². The maximum absolute atomic E-state index is 9.19. The molecule has 1 unspecified atom stereocenters. The predicted molar refractivity (Wildman–Crippen MR) is 46.3 cm³/mol. The van der Waals surface area contributed by atoms with Crippen LogP contribution >= 0.6 is 0 Å². The zero-order chi connectivity index (χ0) is 8.53. The van der Waals surface area contributed by atoms with Crippen LogP contribution in [0.15, 0.2) is 24.3 Å². The molecule has 0 aromatic heterocycles. The summed E-state index contributed by atoms with van der Waals surface area (Å²) in [5.74, 6) is 0. The lowest BCUT2D eigenvalue weighted by molar-refractivity contribution is 0.226. The highest BCUT2D eigenvalue weighted by Crippen LogP contribution is 1.95. The molecule has 0 aromatic carbocycles. The molecule has 0 amide bonds. The van der Waals surface area contributed by atoms with E-state index in [1.165, 1.54) is 0 Å². The van der Waals surface area contributed by atoms with Gasteiger partial charge in [-0.1, -0.05) is 24.3 Å². The van der Waals surface area contributed by atoms with E-state index in [9.17, 15) is 5.11 Å². The Morgan fingerprint density at radius 3 is 2.64 bits per heavy atom. The average molecular weight is 156 g/mol. The summed E-state index contributed by atoms with van der Waals surface area (Å²) in [6.45, 7) is 2.07. The van der Waals surface area contributed by atoms with Crippen LogP contribution in [-0.2, 0) is 0 Å². The Morgan fingerprint density at radius 1 is 1.36 bits per heavy atom. The van der Waals surface area contributed by atoms with E-state index in [4.69, 9.17) is 5.11 Å². The van der Waals surface area contributed by atoms with Gasteiger partial charge in [-0.3, -0.25) is 0 Å². The fourth-order valence-corrected chi connectivity index (χ4v) is 0.682. The summed E-state index contributed by atoms with van der Waals surface area (Å²) in [6.07, 6.45) is 8.17. The summed E-state index contributed by atoms with van der Waals surface area (Å²) in [4.78, 5) is 0. The molecule has 0 spiro atoms. The largest absolute Gasteiger partial charge is 0.396 e. The smallest absolute Gasteiger partial charge is 0.0755 e. The Kier molecular flexibility index (Phi) is 7.10. The lowest BCUT2D eigenvalue weighted by atomic mass is 10.2. The highest BCUT2D eigenvalue weighted by molar-refractivity contribution is 4.93. The van der Waals surface area contributed by atoms with Crippen LogP contribution < -0.4 is 0 Å². The van der Waals surface area contributed by atoms with E-state index in [2.05, 4.69) is 0 Å². The number of hydrogen-bond acceptors (Lipinski definition) is 2. The standard InChI is InChI=1S/C9H16O2/c1-2-3-6-9(11)7-4-5-8-10/h2-4,7,9-11H,5-6,8H2,1H3. The first-order valence-electron chi connectivity index (χ1n) is 3.88. The number of aliphatic hydroxyl groups excluding tert-OH is 2. The molecule has 0 aliphatic rings. The molecule has 0 rings (SSSR count). The van der Waals surface area contributed by atoms with E-state index in [-0.39, 0.29) is 6.61 Å². The van der Waals surface area contributed by atoms with Crippen molar-refractivity contribution in [2.24, 2.45) is 0 Å². The van der Waals surface area contributed by atoms with Gasteiger partial charge in [0.05, 0.1) is 6.10 Å². The molecule has 0 saturated heterocycles. The predicted octanol–water partition coefficient (Wildman–Crippen LogP) is 1.25. The van der Waals surface area contributed by atoms with E-state index in [0.717, 1.165) is 0 Å². The molecular weight excluding hydrogens is 140 g/mol. The maximum atomic E-state index is 9.19. The second-order valence-corrected chi connectivity index (χ2v) is 2.31. The number of allylic oxidation sites excluding steroid dienone is 1. The van der Waals surface area contributed by atoms with Crippen LogP contribution in [0, 0.1) is 0 Å². The Bertz CT molecular complexity index is 128. The van der Waals surface area contributed by atoms with Crippen LogP contribution in [0.5, 0.6) is 0 Å². The van der Waals surface area contributed by atoms with E-state index in [1.54, 1.807) is 12.2 Å². The molecule has 0 bridgehead atoms. The van der Waals surface area contributed by atoms with Gasteiger partial charge in [0.1, 0.15) is 0 Å². The van der Waals surface area contributed by atoms with Crippen molar-refractivity contribution >= 4 is 0 Å². The Morgan fingerprint density at radius 2 is 2.09 bits per heavy atom. The molecule has 0 fully saturated rings. The monoisotopic (exact) mass is 156 g/mol. The van der Waals surface area contributed by atoms with Gasteiger partial charge in [0.2, 0.25) is 0 Å². The van der Waals surface area contributed by atoms with Crippen molar-refractivity contribution in [2.75, 3.05) is 6.61 Å². The van der Waals surface area contributed by atoms with Gasteiger partial charge in [-0.25, -0.2) is 0 Å². The van der Waals surface area contributed by atoms with Crippen LogP contribution in [0.4, 0.5) is 0 Å². The Balaban J connectivity index is 3.42. The molecular formula is C9H16O2. The molecule has 0 aliphatic carbocycles. The lowest BCUT2D eigenvalue weighted by Gasteiger charge is -1.98. The summed E-state index contributed by atoms with van der Waals surface area (Å²) in [7, 11) is 0. The summed E-state index contributed by atoms with van der Waals surface area (Å²) in [6, 6.07) is 0.